The van der Waals surface area contributed by atoms with Crippen LogP contribution in [0, 0.1) is 0 Å². The third-order valence-electron chi connectivity index (χ3n) is 2.04. The second kappa shape index (κ2) is 5.28. The van der Waals surface area contributed by atoms with E-state index in [2.05, 4.69) is 26.0 Å². The van der Waals surface area contributed by atoms with Crippen molar-refractivity contribution in [2.75, 3.05) is 5.73 Å². The molecule has 74 valence electrons. The molecular formula is C13H17N. The Kier molecular flexibility index (Phi) is 3.99. The molecule has 0 spiro atoms. The molecule has 0 saturated carbocycles. The zero-order valence-electron chi connectivity index (χ0n) is 8.77. The molecule has 0 bridgehead atoms. The largest absolute Gasteiger partial charge is 0.399 e. The van der Waals surface area contributed by atoms with Crippen LogP contribution in [-0.2, 0) is 0 Å². The number of nitrogens with two attached hydrogens (primary N) is 1. The SMILES string of the molecule is CC(C)c1cccccc(N)ccc1. The van der Waals surface area contributed by atoms with Gasteiger partial charge in [-0.15, -0.1) is 0 Å². The summed E-state index contributed by atoms with van der Waals surface area (Å²) in [4.78, 5) is 0. The van der Waals surface area contributed by atoms with Crippen molar-refractivity contribution >= 4 is 5.69 Å². The van der Waals surface area contributed by atoms with E-state index in [1.807, 2.05) is 36.4 Å². The molecule has 1 aromatic carbocycles. The Labute approximate surface area is 85.9 Å². The van der Waals surface area contributed by atoms with Crippen molar-refractivity contribution in [2.24, 2.45) is 0 Å². The molecule has 2 N–H and O–H groups in total. The molecule has 14 heavy (non-hydrogen) atoms. The van der Waals surface area contributed by atoms with Crippen molar-refractivity contribution in [3.8, 4) is 0 Å². The van der Waals surface area contributed by atoms with Gasteiger partial charge in [0.05, 0.1) is 0 Å². The Morgan fingerprint density at radius 3 is 2.14 bits per heavy atom. The molecule has 0 aromatic heterocycles. The molecule has 0 saturated heterocycles. The van der Waals surface area contributed by atoms with Gasteiger partial charge in [0.1, 0.15) is 0 Å². The van der Waals surface area contributed by atoms with Crippen molar-refractivity contribution in [2.45, 2.75) is 19.8 Å². The second-order valence-electron chi connectivity index (χ2n) is 3.59. The Hall–Kier alpha value is -1.50. The number of hydrogen-bond acceptors (Lipinski definition) is 1. The van der Waals surface area contributed by atoms with Gasteiger partial charge in [0.2, 0.25) is 0 Å². The van der Waals surface area contributed by atoms with Gasteiger partial charge in [0.25, 0.3) is 0 Å². The first-order valence-electron chi connectivity index (χ1n) is 4.89. The molecule has 0 aliphatic heterocycles. The smallest absolute Gasteiger partial charge is 0.0313 e. The summed E-state index contributed by atoms with van der Waals surface area (Å²) in [5.74, 6) is 0.536. The highest BCUT2D eigenvalue weighted by atomic mass is 14.5. The summed E-state index contributed by atoms with van der Waals surface area (Å²) >= 11 is 0. The number of nitrogen functional groups attached to an aromatic ring is 1. The van der Waals surface area contributed by atoms with Gasteiger partial charge >= 0.3 is 0 Å². The third kappa shape index (κ3) is 3.48. The summed E-state index contributed by atoms with van der Waals surface area (Å²) in [6, 6.07) is 16.0. The van der Waals surface area contributed by atoms with Crippen LogP contribution >= 0.6 is 0 Å². The predicted molar refractivity (Wildman–Crippen MR) is 62.6 cm³/mol. The van der Waals surface area contributed by atoms with Gasteiger partial charge in [0.15, 0.2) is 0 Å². The van der Waals surface area contributed by atoms with Crippen molar-refractivity contribution in [1.29, 1.82) is 0 Å². The zero-order chi connectivity index (χ0) is 10.4. The van der Waals surface area contributed by atoms with Crippen molar-refractivity contribution in [1.82, 2.24) is 0 Å². The van der Waals surface area contributed by atoms with Gasteiger partial charge in [-0.1, -0.05) is 50.2 Å². The first-order valence-corrected chi connectivity index (χ1v) is 4.89. The number of rotatable bonds is 1. The Bertz CT molecular complexity index is 341. The maximum Gasteiger partial charge on any atom is 0.0313 e. The van der Waals surface area contributed by atoms with E-state index in [1.54, 1.807) is 0 Å². The highest BCUT2D eigenvalue weighted by molar-refractivity contribution is 5.34. The van der Waals surface area contributed by atoms with Crippen LogP contribution in [0.25, 0.3) is 0 Å². The molecule has 1 heteroatoms. The summed E-state index contributed by atoms with van der Waals surface area (Å²) < 4.78 is 0. The molecule has 1 aromatic rings. The monoisotopic (exact) mass is 187 g/mol. The van der Waals surface area contributed by atoms with Gasteiger partial charge in [0, 0.05) is 5.69 Å². The van der Waals surface area contributed by atoms with Crippen LogP contribution < -0.4 is 5.73 Å². The molecule has 0 aliphatic rings. The first kappa shape index (κ1) is 10.6. The minimum atomic E-state index is 0.536. The van der Waals surface area contributed by atoms with Crippen LogP contribution in [0.4, 0.5) is 5.69 Å². The average molecular weight is 187 g/mol. The van der Waals surface area contributed by atoms with E-state index < -0.39 is 0 Å². The van der Waals surface area contributed by atoms with Crippen molar-refractivity contribution in [3.63, 3.8) is 0 Å². The lowest BCUT2D eigenvalue weighted by Gasteiger charge is -2.00. The standard InChI is InChI=1S/C13H17N/c1-11(2)12-7-4-3-5-9-13(14)10-6-8-12/h3-11H,14H2,1-2H3. The lowest BCUT2D eigenvalue weighted by molar-refractivity contribution is 0.868. The molecular weight excluding hydrogens is 170 g/mol. The summed E-state index contributed by atoms with van der Waals surface area (Å²) in [5.41, 5.74) is 7.80. The molecule has 0 unspecified atom stereocenters. The molecule has 0 aliphatic carbocycles. The van der Waals surface area contributed by atoms with Gasteiger partial charge in [-0.05, 0) is 23.6 Å². The Morgan fingerprint density at radius 1 is 0.857 bits per heavy atom. The van der Waals surface area contributed by atoms with E-state index >= 15 is 0 Å². The lowest BCUT2D eigenvalue weighted by atomic mass is 10.1. The molecule has 0 radical (unpaired) electrons. The highest BCUT2D eigenvalue weighted by Crippen LogP contribution is 2.11. The van der Waals surface area contributed by atoms with E-state index in [4.69, 9.17) is 5.73 Å². The summed E-state index contributed by atoms with van der Waals surface area (Å²) in [6.07, 6.45) is 0. The zero-order valence-corrected chi connectivity index (χ0v) is 8.77. The van der Waals surface area contributed by atoms with Crippen molar-refractivity contribution in [3.05, 3.63) is 54.1 Å². The van der Waals surface area contributed by atoms with E-state index in [9.17, 15) is 0 Å². The van der Waals surface area contributed by atoms with Crippen LogP contribution in [-0.4, -0.2) is 0 Å². The Morgan fingerprint density at radius 2 is 1.43 bits per heavy atom. The molecule has 1 rings (SSSR count). The number of hydrogen-bond donors (Lipinski definition) is 1. The fraction of sp³-hybridized carbons (Fsp3) is 0.231. The van der Waals surface area contributed by atoms with Gasteiger partial charge in [-0.2, -0.15) is 0 Å². The minimum Gasteiger partial charge on any atom is -0.399 e. The summed E-state index contributed by atoms with van der Waals surface area (Å²) in [7, 11) is 0. The van der Waals surface area contributed by atoms with Crippen LogP contribution in [0.2, 0.25) is 0 Å². The second-order valence-corrected chi connectivity index (χ2v) is 3.59. The summed E-state index contributed by atoms with van der Waals surface area (Å²) in [6.45, 7) is 4.36. The van der Waals surface area contributed by atoms with E-state index in [0.29, 0.717) is 5.92 Å². The maximum atomic E-state index is 5.72. The fourth-order valence-electron chi connectivity index (χ4n) is 1.16. The average Bonchev–Trinajstić information content (AvgIpc) is 2.15. The van der Waals surface area contributed by atoms with Crippen LogP contribution in [0.3, 0.4) is 0 Å². The highest BCUT2D eigenvalue weighted by Gasteiger charge is 1.92. The van der Waals surface area contributed by atoms with Crippen LogP contribution in [0.1, 0.15) is 25.3 Å². The van der Waals surface area contributed by atoms with Crippen LogP contribution in [0.15, 0.2) is 48.5 Å². The fourth-order valence-corrected chi connectivity index (χ4v) is 1.16. The first-order chi connectivity index (χ1) is 6.70. The van der Waals surface area contributed by atoms with Crippen LogP contribution in [0.5, 0.6) is 0 Å². The van der Waals surface area contributed by atoms with Crippen molar-refractivity contribution < 1.29 is 0 Å². The van der Waals surface area contributed by atoms with Gasteiger partial charge in [-0.3, -0.25) is 0 Å². The van der Waals surface area contributed by atoms with Gasteiger partial charge in [-0.25, -0.2) is 0 Å². The normalized spacial score (nSPS) is 9.64. The van der Waals surface area contributed by atoms with Gasteiger partial charge < -0.3 is 5.73 Å². The molecule has 0 amide bonds. The quantitative estimate of drug-likeness (QED) is 0.715. The summed E-state index contributed by atoms with van der Waals surface area (Å²) in [5, 5.41) is 0. The number of anilines is 1. The third-order valence-corrected chi connectivity index (χ3v) is 2.04. The lowest BCUT2D eigenvalue weighted by Crippen LogP contribution is -1.83. The van der Waals surface area contributed by atoms with E-state index in [-0.39, 0.29) is 0 Å². The molecule has 0 heterocycles. The minimum absolute atomic E-state index is 0.536. The topological polar surface area (TPSA) is 26.0 Å². The molecule has 1 nitrogen and oxygen atoms in total. The molecule has 0 fully saturated rings. The van der Waals surface area contributed by atoms with E-state index in [1.165, 1.54) is 5.56 Å². The molecule has 0 atom stereocenters. The maximum absolute atomic E-state index is 5.72. The predicted octanol–water partition coefficient (Wildman–Crippen LogP) is 3.52. The Balaban J connectivity index is 3.19. The van der Waals surface area contributed by atoms with E-state index in [0.717, 1.165) is 5.69 Å².